The van der Waals surface area contributed by atoms with Crippen LogP contribution in [-0.4, -0.2) is 23.7 Å². The van der Waals surface area contributed by atoms with E-state index in [4.69, 9.17) is 4.74 Å². The Labute approximate surface area is 139 Å². The van der Waals surface area contributed by atoms with Crippen molar-refractivity contribution in [1.82, 2.24) is 5.43 Å². The van der Waals surface area contributed by atoms with E-state index in [-0.39, 0.29) is 12.3 Å². The third kappa shape index (κ3) is 4.64. The molecule has 2 aromatic carbocycles. The molecule has 0 bridgehead atoms. The van der Waals surface area contributed by atoms with Crippen LogP contribution in [0, 0.1) is 24.0 Å². The Kier molecular flexibility index (Phi) is 5.62. The molecule has 0 unspecified atom stereocenters. The maximum atomic E-state index is 11.7. The number of nitro groups is 1. The van der Waals surface area contributed by atoms with Crippen molar-refractivity contribution in [2.24, 2.45) is 5.10 Å². The van der Waals surface area contributed by atoms with Gasteiger partial charge in [0.15, 0.2) is 6.61 Å². The second-order valence-corrected chi connectivity index (χ2v) is 5.13. The lowest BCUT2D eigenvalue weighted by Crippen LogP contribution is -2.24. The second-order valence-electron chi connectivity index (χ2n) is 5.13. The summed E-state index contributed by atoms with van der Waals surface area (Å²) in [4.78, 5) is 21.9. The third-order valence-electron chi connectivity index (χ3n) is 3.40. The van der Waals surface area contributed by atoms with Gasteiger partial charge in [-0.05, 0) is 31.0 Å². The van der Waals surface area contributed by atoms with E-state index >= 15 is 0 Å². The van der Waals surface area contributed by atoms with Crippen LogP contribution in [0.3, 0.4) is 0 Å². The van der Waals surface area contributed by atoms with Crippen molar-refractivity contribution in [3.8, 4) is 5.75 Å². The van der Waals surface area contributed by atoms with Gasteiger partial charge in [0, 0.05) is 17.7 Å². The molecule has 0 atom stereocenters. The molecule has 24 heavy (non-hydrogen) atoms. The molecule has 0 spiro atoms. The van der Waals surface area contributed by atoms with Crippen molar-refractivity contribution >= 4 is 17.8 Å². The molecule has 0 aliphatic carbocycles. The second kappa shape index (κ2) is 7.87. The summed E-state index contributed by atoms with van der Waals surface area (Å²) in [6.45, 7) is 3.71. The van der Waals surface area contributed by atoms with Crippen LogP contribution in [0.15, 0.2) is 47.6 Å². The number of nitrogens with zero attached hydrogens (tertiary/aromatic N) is 2. The highest BCUT2D eigenvalue weighted by Crippen LogP contribution is 2.20. The molecule has 1 amide bonds. The molecule has 0 fully saturated rings. The van der Waals surface area contributed by atoms with Crippen molar-refractivity contribution in [2.45, 2.75) is 13.8 Å². The summed E-state index contributed by atoms with van der Waals surface area (Å²) in [5, 5.41) is 14.4. The van der Waals surface area contributed by atoms with Crippen LogP contribution in [0.1, 0.15) is 16.7 Å². The zero-order valence-electron chi connectivity index (χ0n) is 13.4. The summed E-state index contributed by atoms with van der Waals surface area (Å²) in [6.07, 6.45) is 1.34. The number of rotatable bonds is 6. The lowest BCUT2D eigenvalue weighted by Gasteiger charge is -2.09. The van der Waals surface area contributed by atoms with Gasteiger partial charge in [-0.25, -0.2) is 5.43 Å². The number of carbonyl (C=O) groups excluding carboxylic acids is 1. The minimum atomic E-state index is -0.492. The Morgan fingerprint density at radius 2 is 2.04 bits per heavy atom. The predicted octanol–water partition coefficient (Wildman–Crippen LogP) is 2.74. The zero-order valence-corrected chi connectivity index (χ0v) is 13.4. The summed E-state index contributed by atoms with van der Waals surface area (Å²) in [5.74, 6) is 0.227. The molecule has 2 aromatic rings. The third-order valence-corrected chi connectivity index (χ3v) is 3.40. The van der Waals surface area contributed by atoms with E-state index in [1.807, 2.05) is 26.0 Å². The fourth-order valence-electron chi connectivity index (χ4n) is 1.95. The van der Waals surface area contributed by atoms with Gasteiger partial charge in [0.2, 0.25) is 0 Å². The van der Waals surface area contributed by atoms with Gasteiger partial charge < -0.3 is 4.74 Å². The van der Waals surface area contributed by atoms with Crippen molar-refractivity contribution in [2.75, 3.05) is 6.61 Å². The van der Waals surface area contributed by atoms with E-state index in [1.165, 1.54) is 18.3 Å². The lowest BCUT2D eigenvalue weighted by molar-refractivity contribution is -0.384. The van der Waals surface area contributed by atoms with Gasteiger partial charge in [-0.3, -0.25) is 14.9 Å². The maximum absolute atomic E-state index is 11.7. The Hall–Kier alpha value is -3.22. The molecule has 1 N–H and O–H groups in total. The first-order chi connectivity index (χ1) is 11.5. The molecule has 2 rings (SSSR count). The molecule has 0 aromatic heterocycles. The number of benzene rings is 2. The number of non-ortho nitro benzene ring substituents is 1. The van der Waals surface area contributed by atoms with Crippen molar-refractivity contribution < 1.29 is 14.5 Å². The van der Waals surface area contributed by atoms with Gasteiger partial charge in [-0.15, -0.1) is 0 Å². The van der Waals surface area contributed by atoms with Gasteiger partial charge in [0.25, 0.3) is 11.6 Å². The minimum absolute atomic E-state index is 0.0384. The quantitative estimate of drug-likeness (QED) is 0.501. The van der Waals surface area contributed by atoms with Gasteiger partial charge in [0.1, 0.15) is 5.75 Å². The Morgan fingerprint density at radius 1 is 1.29 bits per heavy atom. The maximum Gasteiger partial charge on any atom is 0.277 e. The molecular weight excluding hydrogens is 310 g/mol. The fourth-order valence-corrected chi connectivity index (χ4v) is 1.95. The van der Waals surface area contributed by atoms with Crippen molar-refractivity contribution in [3.05, 3.63) is 69.3 Å². The van der Waals surface area contributed by atoms with E-state index in [1.54, 1.807) is 18.2 Å². The summed E-state index contributed by atoms with van der Waals surface area (Å²) in [7, 11) is 0. The average Bonchev–Trinajstić information content (AvgIpc) is 2.56. The number of hydrogen-bond acceptors (Lipinski definition) is 5. The number of hydrazone groups is 1. The number of hydrogen-bond donors (Lipinski definition) is 1. The van der Waals surface area contributed by atoms with Crippen LogP contribution in [0.25, 0.3) is 0 Å². The van der Waals surface area contributed by atoms with Gasteiger partial charge >= 0.3 is 0 Å². The van der Waals surface area contributed by atoms with Crippen LogP contribution < -0.4 is 10.2 Å². The zero-order chi connectivity index (χ0) is 17.5. The Balaban J connectivity index is 1.88. The van der Waals surface area contributed by atoms with E-state index < -0.39 is 10.8 Å². The largest absolute Gasteiger partial charge is 0.483 e. The smallest absolute Gasteiger partial charge is 0.277 e. The Bertz CT molecular complexity index is 787. The van der Waals surface area contributed by atoms with Gasteiger partial charge in [-0.2, -0.15) is 5.10 Å². The van der Waals surface area contributed by atoms with Crippen LogP contribution in [0.2, 0.25) is 0 Å². The minimum Gasteiger partial charge on any atom is -0.483 e. The fraction of sp³-hybridized carbons (Fsp3) is 0.176. The number of nitro benzene ring substituents is 1. The van der Waals surface area contributed by atoms with E-state index in [0.29, 0.717) is 11.3 Å². The van der Waals surface area contributed by atoms with Crippen LogP contribution in [-0.2, 0) is 4.79 Å². The van der Waals surface area contributed by atoms with E-state index in [0.717, 1.165) is 11.1 Å². The number of ether oxygens (including phenoxy) is 1. The van der Waals surface area contributed by atoms with Crippen LogP contribution in [0.4, 0.5) is 5.69 Å². The topological polar surface area (TPSA) is 93.8 Å². The molecule has 0 saturated carbocycles. The Morgan fingerprint density at radius 3 is 2.79 bits per heavy atom. The summed E-state index contributed by atoms with van der Waals surface area (Å²) in [5.41, 5.74) is 4.85. The van der Waals surface area contributed by atoms with Gasteiger partial charge in [-0.1, -0.05) is 24.3 Å². The molecule has 0 aliphatic rings. The molecule has 0 saturated heterocycles. The molecular formula is C17H17N3O4. The molecule has 124 valence electrons. The highest BCUT2D eigenvalue weighted by molar-refractivity contribution is 5.83. The predicted molar refractivity (Wildman–Crippen MR) is 90.2 cm³/mol. The first-order valence-corrected chi connectivity index (χ1v) is 7.23. The number of amides is 1. The molecule has 7 nitrogen and oxygen atoms in total. The summed E-state index contributed by atoms with van der Waals surface area (Å²) < 4.78 is 5.46. The highest BCUT2D eigenvalue weighted by Gasteiger charge is 2.06. The first kappa shape index (κ1) is 17.1. The molecule has 0 aliphatic heterocycles. The highest BCUT2D eigenvalue weighted by atomic mass is 16.6. The standard InChI is InChI=1S/C17H17N3O4/c1-12-5-3-8-16(13(12)2)24-11-17(21)19-18-10-14-6-4-7-15(9-14)20(22)23/h3-10H,11H2,1-2H3,(H,19,21)/b18-10-. The molecule has 7 heteroatoms. The SMILES string of the molecule is Cc1cccc(OCC(=O)N/N=C\c2cccc([N+](=O)[O-])c2)c1C. The number of nitrogens with one attached hydrogen (secondary N) is 1. The average molecular weight is 327 g/mol. The van der Waals surface area contributed by atoms with Gasteiger partial charge in [0.05, 0.1) is 11.1 Å². The van der Waals surface area contributed by atoms with Crippen LogP contribution in [0.5, 0.6) is 5.75 Å². The van der Waals surface area contributed by atoms with E-state index in [2.05, 4.69) is 10.5 Å². The first-order valence-electron chi connectivity index (χ1n) is 7.23. The van der Waals surface area contributed by atoms with E-state index in [9.17, 15) is 14.9 Å². The molecule has 0 radical (unpaired) electrons. The van der Waals surface area contributed by atoms with Crippen molar-refractivity contribution in [3.63, 3.8) is 0 Å². The molecule has 0 heterocycles. The summed E-state index contributed by atoms with van der Waals surface area (Å²) >= 11 is 0. The van der Waals surface area contributed by atoms with Crippen LogP contribution >= 0.6 is 0 Å². The van der Waals surface area contributed by atoms with Crippen molar-refractivity contribution in [1.29, 1.82) is 0 Å². The lowest BCUT2D eigenvalue weighted by atomic mass is 10.1. The monoisotopic (exact) mass is 327 g/mol. The number of carbonyl (C=O) groups is 1. The number of aryl methyl sites for hydroxylation is 1. The summed E-state index contributed by atoms with van der Waals surface area (Å²) in [6, 6.07) is 11.6. The normalized spacial score (nSPS) is 10.6.